The van der Waals surface area contributed by atoms with Crippen molar-refractivity contribution in [3.05, 3.63) is 57.6 Å². The molecule has 1 aromatic carbocycles. The minimum Gasteiger partial charge on any atom is -0.352 e. The minimum atomic E-state index is -3.23. The van der Waals surface area contributed by atoms with Crippen LogP contribution in [0.25, 0.3) is 0 Å². The lowest BCUT2D eigenvalue weighted by molar-refractivity contribution is 0.0171. The average molecular weight is 462 g/mol. The molecule has 0 bridgehead atoms. The molecule has 30 heavy (non-hydrogen) atoms. The van der Waals surface area contributed by atoms with Crippen LogP contribution in [0.3, 0.4) is 0 Å². The molecule has 6 N–H and O–H groups in total. The topological polar surface area (TPSA) is 123 Å². The van der Waals surface area contributed by atoms with Gasteiger partial charge < -0.3 is 22.1 Å². The van der Waals surface area contributed by atoms with Crippen LogP contribution in [0.4, 0.5) is 23.7 Å². The predicted octanol–water partition coefficient (Wildman–Crippen LogP) is 3.26. The summed E-state index contributed by atoms with van der Waals surface area (Å²) in [5, 5.41) is 4.55. The second kappa shape index (κ2) is 8.29. The molecule has 1 aliphatic carbocycles. The Labute approximate surface area is 178 Å². The lowest BCUT2D eigenvalue weighted by Crippen LogP contribution is -2.56. The summed E-state index contributed by atoms with van der Waals surface area (Å²) in [5.41, 5.74) is 7.60. The second-order valence-corrected chi connectivity index (χ2v) is 7.64. The molecular weight excluding hydrogens is 446 g/mol. The van der Waals surface area contributed by atoms with Crippen molar-refractivity contribution in [1.82, 2.24) is 10.3 Å². The zero-order chi connectivity index (χ0) is 22.2. The van der Waals surface area contributed by atoms with Crippen molar-refractivity contribution in [3.63, 3.8) is 0 Å². The minimum absolute atomic E-state index is 0.0327. The Morgan fingerprint density at radius 2 is 1.93 bits per heavy atom. The summed E-state index contributed by atoms with van der Waals surface area (Å²) >= 11 is 11.7. The molecule has 1 heterocycles. The molecule has 1 fully saturated rings. The number of hydrogen-bond acceptors (Lipinski definition) is 4. The molecule has 3 amide bonds. The van der Waals surface area contributed by atoms with Crippen molar-refractivity contribution in [2.45, 2.75) is 24.4 Å². The zero-order valence-electron chi connectivity index (χ0n) is 15.1. The van der Waals surface area contributed by atoms with Crippen LogP contribution in [0.1, 0.15) is 22.5 Å². The molecule has 3 atom stereocenters. The van der Waals surface area contributed by atoms with Crippen LogP contribution in [-0.4, -0.2) is 29.4 Å². The number of carbonyl (C=O) groups is 2. The number of carbonyl (C=O) groups excluding carboxylic acids is 2. The van der Waals surface area contributed by atoms with Crippen LogP contribution < -0.4 is 22.1 Å². The molecule has 0 radical (unpaired) electrons. The van der Waals surface area contributed by atoms with Crippen LogP contribution in [-0.2, 0) is 5.54 Å². The van der Waals surface area contributed by atoms with E-state index in [9.17, 15) is 22.8 Å². The van der Waals surface area contributed by atoms with Gasteiger partial charge in [0.15, 0.2) is 0 Å². The fourth-order valence-corrected chi connectivity index (χ4v) is 3.79. The molecule has 0 spiro atoms. The molecule has 1 aromatic heterocycles. The number of benzene rings is 1. The maximum Gasteiger partial charge on any atom is 0.313 e. The molecule has 7 nitrogen and oxygen atoms in total. The van der Waals surface area contributed by atoms with Crippen molar-refractivity contribution in [2.75, 3.05) is 5.32 Å². The van der Waals surface area contributed by atoms with Crippen molar-refractivity contribution < 1.29 is 22.8 Å². The number of anilines is 1. The van der Waals surface area contributed by atoms with Gasteiger partial charge in [0, 0.05) is 29.4 Å². The van der Waals surface area contributed by atoms with Gasteiger partial charge in [-0.3, -0.25) is 4.79 Å². The van der Waals surface area contributed by atoms with Gasteiger partial charge in [0.25, 0.3) is 12.3 Å². The number of aromatic nitrogens is 1. The summed E-state index contributed by atoms with van der Waals surface area (Å²) < 4.78 is 43.0. The molecule has 0 unspecified atom stereocenters. The van der Waals surface area contributed by atoms with Gasteiger partial charge in [-0.1, -0.05) is 23.2 Å². The van der Waals surface area contributed by atoms with Crippen LogP contribution in [0, 0.1) is 11.7 Å². The monoisotopic (exact) mass is 461 g/mol. The van der Waals surface area contributed by atoms with Gasteiger partial charge in [-0.05, 0) is 30.7 Å². The average Bonchev–Trinajstić information content (AvgIpc) is 3.38. The van der Waals surface area contributed by atoms with E-state index in [4.69, 9.17) is 34.7 Å². The van der Waals surface area contributed by atoms with E-state index in [1.807, 2.05) is 5.32 Å². The standard InChI is InChI=1S/C18H16Cl2F3N5O2/c19-7-3-11(20)14(26-6-7)15(29)27-8-1-2-12(21)9(4-8)18(16(22)23,28-17(25)30)10-5-13(10)24/h1-4,6,10,13,16H,5,24H2,(H,27,29)(H3,25,28,30)/t10-,13+,18+/m0/s1. The smallest absolute Gasteiger partial charge is 0.313 e. The molecule has 12 heteroatoms. The Kier molecular flexibility index (Phi) is 6.11. The number of halogens is 5. The van der Waals surface area contributed by atoms with E-state index >= 15 is 0 Å². The van der Waals surface area contributed by atoms with E-state index in [1.54, 1.807) is 0 Å². The Morgan fingerprint density at radius 1 is 1.27 bits per heavy atom. The van der Waals surface area contributed by atoms with Gasteiger partial charge in [-0.15, -0.1) is 0 Å². The second-order valence-electron chi connectivity index (χ2n) is 6.80. The number of pyridine rings is 1. The fourth-order valence-electron chi connectivity index (χ4n) is 3.33. The van der Waals surface area contributed by atoms with Gasteiger partial charge in [-0.2, -0.15) is 0 Å². The first-order chi connectivity index (χ1) is 14.1. The van der Waals surface area contributed by atoms with Gasteiger partial charge >= 0.3 is 6.03 Å². The molecule has 0 aliphatic heterocycles. The van der Waals surface area contributed by atoms with Gasteiger partial charge in [0.2, 0.25) is 0 Å². The lowest BCUT2D eigenvalue weighted by Gasteiger charge is -2.35. The zero-order valence-corrected chi connectivity index (χ0v) is 16.6. The SMILES string of the molecule is NC(=O)N[C@@](c1cc(NC(=O)c2ncc(Cl)cc2Cl)ccc1F)(C(F)F)[C@H]1C[C@H]1N. The van der Waals surface area contributed by atoms with E-state index in [0.29, 0.717) is 0 Å². The third-order valence-corrected chi connectivity index (χ3v) is 5.29. The van der Waals surface area contributed by atoms with E-state index in [1.165, 1.54) is 12.3 Å². The van der Waals surface area contributed by atoms with Gasteiger partial charge in [0.05, 0.1) is 10.0 Å². The van der Waals surface area contributed by atoms with Crippen LogP contribution in [0.15, 0.2) is 30.5 Å². The summed E-state index contributed by atoms with van der Waals surface area (Å²) in [6, 6.07) is 2.39. The summed E-state index contributed by atoms with van der Waals surface area (Å²) in [6.45, 7) is 0. The number of nitrogens with one attached hydrogen (secondary N) is 2. The highest BCUT2D eigenvalue weighted by Crippen LogP contribution is 2.49. The molecule has 1 aliphatic rings. The highest BCUT2D eigenvalue weighted by Gasteiger charge is 2.59. The first-order valence-electron chi connectivity index (χ1n) is 8.60. The summed E-state index contributed by atoms with van der Waals surface area (Å²) in [5.74, 6) is -2.75. The van der Waals surface area contributed by atoms with Crippen LogP contribution >= 0.6 is 23.2 Å². The molecule has 1 saturated carbocycles. The molecule has 0 saturated heterocycles. The highest BCUT2D eigenvalue weighted by molar-refractivity contribution is 6.36. The summed E-state index contributed by atoms with van der Waals surface area (Å²) in [7, 11) is 0. The van der Waals surface area contributed by atoms with Crippen molar-refractivity contribution >= 4 is 40.8 Å². The number of alkyl halides is 2. The lowest BCUT2D eigenvalue weighted by atomic mass is 9.84. The summed E-state index contributed by atoms with van der Waals surface area (Å²) in [6.07, 6.45) is -1.90. The normalized spacial score (nSPS) is 19.8. The van der Waals surface area contributed by atoms with E-state index in [-0.39, 0.29) is 27.8 Å². The van der Waals surface area contributed by atoms with E-state index < -0.39 is 47.2 Å². The summed E-state index contributed by atoms with van der Waals surface area (Å²) in [4.78, 5) is 27.7. The molecular formula is C18H16Cl2F3N5O2. The Bertz CT molecular complexity index is 1010. The number of hydrogen-bond donors (Lipinski definition) is 4. The third kappa shape index (κ3) is 4.16. The molecule has 3 rings (SSSR count). The van der Waals surface area contributed by atoms with Crippen molar-refractivity contribution in [2.24, 2.45) is 17.4 Å². The van der Waals surface area contributed by atoms with Gasteiger partial charge in [0.1, 0.15) is 17.1 Å². The third-order valence-electron chi connectivity index (χ3n) is 4.79. The largest absolute Gasteiger partial charge is 0.352 e. The van der Waals surface area contributed by atoms with Crippen LogP contribution in [0.5, 0.6) is 0 Å². The number of nitrogens with two attached hydrogens (primary N) is 2. The Hall–Kier alpha value is -2.56. The predicted molar refractivity (Wildman–Crippen MR) is 105 cm³/mol. The number of amides is 3. The van der Waals surface area contributed by atoms with E-state index in [0.717, 1.165) is 18.2 Å². The Morgan fingerprint density at radius 3 is 2.47 bits per heavy atom. The number of rotatable bonds is 6. The molecule has 160 valence electrons. The van der Waals surface area contributed by atoms with Crippen molar-refractivity contribution in [1.29, 1.82) is 0 Å². The first-order valence-corrected chi connectivity index (χ1v) is 9.35. The Balaban J connectivity index is 2.01. The van der Waals surface area contributed by atoms with Crippen LogP contribution in [0.2, 0.25) is 10.0 Å². The van der Waals surface area contributed by atoms with Crippen molar-refractivity contribution in [3.8, 4) is 0 Å². The maximum absolute atomic E-state index is 14.6. The molecule has 2 aromatic rings. The fraction of sp³-hybridized carbons (Fsp3) is 0.278. The highest BCUT2D eigenvalue weighted by atomic mass is 35.5. The quantitative estimate of drug-likeness (QED) is 0.526. The maximum atomic E-state index is 14.6. The first kappa shape index (κ1) is 22.1. The van der Waals surface area contributed by atoms with E-state index in [2.05, 4.69) is 10.3 Å². The number of urea groups is 1. The van der Waals surface area contributed by atoms with Gasteiger partial charge in [-0.25, -0.2) is 22.9 Å². The number of nitrogens with zero attached hydrogens (tertiary/aromatic N) is 1. The number of primary amides is 1.